The molecule has 2 N–H and O–H groups in total. The molecule has 0 aliphatic heterocycles. The molecule has 2 rings (SSSR count). The average Bonchev–Trinajstić information content (AvgIpc) is 2.90. The zero-order chi connectivity index (χ0) is 15.4. The van der Waals surface area contributed by atoms with Crippen LogP contribution in [0.25, 0.3) is 11.0 Å². The SMILES string of the molecule is COCCNC(=O)C(C)n1nnc2c(C(=O)O)cccc21. The molecule has 112 valence electrons. The lowest BCUT2D eigenvalue weighted by Gasteiger charge is -2.12. The van der Waals surface area contributed by atoms with Gasteiger partial charge in [-0.25, -0.2) is 9.48 Å². The Bertz CT molecular complexity index is 667. The molecule has 0 saturated heterocycles. The van der Waals surface area contributed by atoms with Crippen LogP contribution >= 0.6 is 0 Å². The molecule has 0 saturated carbocycles. The van der Waals surface area contributed by atoms with Crippen LogP contribution in [0.1, 0.15) is 23.3 Å². The number of carboxylic acids is 1. The monoisotopic (exact) mass is 292 g/mol. The second-order valence-electron chi connectivity index (χ2n) is 4.47. The van der Waals surface area contributed by atoms with E-state index in [1.54, 1.807) is 26.2 Å². The molecular formula is C13H16N4O4. The van der Waals surface area contributed by atoms with E-state index >= 15 is 0 Å². The molecule has 1 aromatic heterocycles. The molecule has 1 unspecified atom stereocenters. The number of hydrogen-bond acceptors (Lipinski definition) is 5. The Morgan fingerprint density at radius 3 is 2.90 bits per heavy atom. The third-order valence-corrected chi connectivity index (χ3v) is 3.08. The molecule has 0 fully saturated rings. The Morgan fingerprint density at radius 1 is 1.48 bits per heavy atom. The van der Waals surface area contributed by atoms with Crippen LogP contribution in [-0.2, 0) is 9.53 Å². The molecule has 1 aromatic carbocycles. The van der Waals surface area contributed by atoms with E-state index in [9.17, 15) is 9.59 Å². The number of carbonyl (C=O) groups is 2. The molecule has 8 nitrogen and oxygen atoms in total. The smallest absolute Gasteiger partial charge is 0.338 e. The Balaban J connectivity index is 2.28. The first-order chi connectivity index (χ1) is 10.1. The number of methoxy groups -OCH3 is 1. The van der Waals surface area contributed by atoms with Crippen LogP contribution in [0, 0.1) is 0 Å². The Morgan fingerprint density at radius 2 is 2.24 bits per heavy atom. The van der Waals surface area contributed by atoms with Crippen LogP contribution in [-0.4, -0.2) is 52.2 Å². The molecule has 2 aromatic rings. The van der Waals surface area contributed by atoms with Gasteiger partial charge in [0.15, 0.2) is 0 Å². The largest absolute Gasteiger partial charge is 0.478 e. The maximum atomic E-state index is 12.0. The number of amides is 1. The fourth-order valence-corrected chi connectivity index (χ4v) is 1.96. The molecule has 0 spiro atoms. The van der Waals surface area contributed by atoms with Gasteiger partial charge in [-0.05, 0) is 19.1 Å². The summed E-state index contributed by atoms with van der Waals surface area (Å²) in [5, 5.41) is 19.6. The van der Waals surface area contributed by atoms with Gasteiger partial charge in [-0.15, -0.1) is 5.10 Å². The minimum Gasteiger partial charge on any atom is -0.478 e. The summed E-state index contributed by atoms with van der Waals surface area (Å²) in [5.41, 5.74) is 0.830. The highest BCUT2D eigenvalue weighted by Gasteiger charge is 2.20. The third kappa shape index (κ3) is 3.00. The zero-order valence-electron chi connectivity index (χ0n) is 11.7. The fourth-order valence-electron chi connectivity index (χ4n) is 1.96. The molecule has 1 atom stereocenters. The van der Waals surface area contributed by atoms with Crippen LogP contribution in [0.2, 0.25) is 0 Å². The van der Waals surface area contributed by atoms with Gasteiger partial charge < -0.3 is 15.2 Å². The topological polar surface area (TPSA) is 106 Å². The van der Waals surface area contributed by atoms with Crippen molar-refractivity contribution in [1.29, 1.82) is 0 Å². The van der Waals surface area contributed by atoms with E-state index in [4.69, 9.17) is 9.84 Å². The molecule has 1 heterocycles. The summed E-state index contributed by atoms with van der Waals surface area (Å²) in [6, 6.07) is 4.13. The van der Waals surface area contributed by atoms with E-state index in [-0.39, 0.29) is 17.0 Å². The van der Waals surface area contributed by atoms with Crippen molar-refractivity contribution in [3.05, 3.63) is 23.8 Å². The number of aromatic carboxylic acids is 1. The summed E-state index contributed by atoms with van der Waals surface area (Å²) >= 11 is 0. The highest BCUT2D eigenvalue weighted by molar-refractivity contribution is 6.00. The van der Waals surface area contributed by atoms with Crippen LogP contribution in [0.3, 0.4) is 0 Å². The lowest BCUT2D eigenvalue weighted by molar-refractivity contribution is -0.124. The van der Waals surface area contributed by atoms with Gasteiger partial charge in [0.2, 0.25) is 5.91 Å². The van der Waals surface area contributed by atoms with Gasteiger partial charge >= 0.3 is 5.97 Å². The van der Waals surface area contributed by atoms with Gasteiger partial charge in [-0.2, -0.15) is 0 Å². The summed E-state index contributed by atoms with van der Waals surface area (Å²) in [7, 11) is 1.55. The fraction of sp³-hybridized carbons (Fsp3) is 0.385. The second-order valence-corrected chi connectivity index (χ2v) is 4.47. The van der Waals surface area contributed by atoms with E-state index in [0.29, 0.717) is 18.7 Å². The molecule has 0 radical (unpaired) electrons. The minimum atomic E-state index is -1.08. The predicted molar refractivity (Wildman–Crippen MR) is 74.1 cm³/mol. The summed E-state index contributed by atoms with van der Waals surface area (Å²) < 4.78 is 6.27. The van der Waals surface area contributed by atoms with Crippen molar-refractivity contribution < 1.29 is 19.4 Å². The normalized spacial score (nSPS) is 12.3. The summed E-state index contributed by atoms with van der Waals surface area (Å²) in [6.45, 7) is 2.48. The number of benzene rings is 1. The molecule has 0 bridgehead atoms. The van der Waals surface area contributed by atoms with E-state index < -0.39 is 12.0 Å². The average molecular weight is 292 g/mol. The standard InChI is InChI=1S/C13H16N4O4/c1-8(12(18)14-6-7-21-2)17-10-5-3-4-9(13(19)20)11(10)15-16-17/h3-5,8H,6-7H2,1-2H3,(H,14,18)(H,19,20). The molecule has 8 heteroatoms. The van der Waals surface area contributed by atoms with Crippen molar-refractivity contribution in [2.75, 3.05) is 20.3 Å². The second kappa shape index (κ2) is 6.31. The van der Waals surface area contributed by atoms with Gasteiger partial charge in [0.1, 0.15) is 11.6 Å². The van der Waals surface area contributed by atoms with Gasteiger partial charge in [-0.1, -0.05) is 11.3 Å². The summed E-state index contributed by atoms with van der Waals surface area (Å²) in [5.74, 6) is -1.32. The quantitative estimate of drug-likeness (QED) is 0.749. The minimum absolute atomic E-state index is 0.0609. The van der Waals surface area contributed by atoms with E-state index in [0.717, 1.165) is 0 Å². The van der Waals surface area contributed by atoms with Crippen LogP contribution in [0.5, 0.6) is 0 Å². The first-order valence-electron chi connectivity index (χ1n) is 6.40. The van der Waals surface area contributed by atoms with Crippen LogP contribution in [0.15, 0.2) is 18.2 Å². The van der Waals surface area contributed by atoms with Crippen LogP contribution in [0.4, 0.5) is 0 Å². The number of aromatic nitrogens is 3. The first-order valence-corrected chi connectivity index (χ1v) is 6.40. The number of carboxylic acid groups (broad SMARTS) is 1. The van der Waals surface area contributed by atoms with Gasteiger partial charge in [0.05, 0.1) is 17.7 Å². The maximum absolute atomic E-state index is 12.0. The number of ether oxygens (including phenoxy) is 1. The Labute approximate surface area is 120 Å². The van der Waals surface area contributed by atoms with Crippen molar-refractivity contribution in [1.82, 2.24) is 20.3 Å². The number of carbonyl (C=O) groups excluding carboxylic acids is 1. The van der Waals surface area contributed by atoms with E-state index in [2.05, 4.69) is 15.6 Å². The van der Waals surface area contributed by atoms with Crippen molar-refractivity contribution in [3.63, 3.8) is 0 Å². The maximum Gasteiger partial charge on any atom is 0.338 e. The zero-order valence-corrected chi connectivity index (χ0v) is 11.7. The van der Waals surface area contributed by atoms with E-state index in [1.807, 2.05) is 0 Å². The lowest BCUT2D eigenvalue weighted by atomic mass is 10.2. The first kappa shape index (κ1) is 14.9. The molecular weight excluding hydrogens is 276 g/mol. The van der Waals surface area contributed by atoms with Gasteiger partial charge in [0.25, 0.3) is 0 Å². The number of fused-ring (bicyclic) bond motifs is 1. The molecule has 0 aliphatic carbocycles. The van der Waals surface area contributed by atoms with Crippen molar-refractivity contribution >= 4 is 22.9 Å². The predicted octanol–water partition coefficient (Wildman–Crippen LogP) is 0.453. The van der Waals surface area contributed by atoms with Crippen molar-refractivity contribution in [3.8, 4) is 0 Å². The highest BCUT2D eigenvalue weighted by atomic mass is 16.5. The number of nitrogens with zero attached hydrogens (tertiary/aromatic N) is 3. The number of rotatable bonds is 6. The highest BCUT2D eigenvalue weighted by Crippen LogP contribution is 2.19. The van der Waals surface area contributed by atoms with Gasteiger partial charge in [0, 0.05) is 13.7 Å². The summed E-state index contributed by atoms with van der Waals surface area (Å²) in [6.07, 6.45) is 0. The van der Waals surface area contributed by atoms with Crippen molar-refractivity contribution in [2.24, 2.45) is 0 Å². The molecule has 21 heavy (non-hydrogen) atoms. The molecule has 1 amide bonds. The Hall–Kier alpha value is -2.48. The number of nitrogens with one attached hydrogen (secondary N) is 1. The molecule has 0 aliphatic rings. The van der Waals surface area contributed by atoms with Gasteiger partial charge in [-0.3, -0.25) is 4.79 Å². The van der Waals surface area contributed by atoms with E-state index in [1.165, 1.54) is 10.7 Å². The van der Waals surface area contributed by atoms with Crippen molar-refractivity contribution in [2.45, 2.75) is 13.0 Å². The Kier molecular flexibility index (Phi) is 4.49. The summed E-state index contributed by atoms with van der Waals surface area (Å²) in [4.78, 5) is 23.1. The lowest BCUT2D eigenvalue weighted by Crippen LogP contribution is -2.33. The third-order valence-electron chi connectivity index (χ3n) is 3.08. The number of hydrogen-bond donors (Lipinski definition) is 2. The van der Waals surface area contributed by atoms with Crippen LogP contribution < -0.4 is 5.32 Å².